The van der Waals surface area contributed by atoms with Crippen LogP contribution in [0.4, 0.5) is 0 Å². The molecule has 3 heterocycles. The molecular weight excluding hydrogens is 715 g/mol. The molecule has 0 bridgehead atoms. The summed E-state index contributed by atoms with van der Waals surface area (Å²) in [5, 5.41) is 12.4. The van der Waals surface area contributed by atoms with Crippen molar-refractivity contribution < 1.29 is 0 Å². The van der Waals surface area contributed by atoms with Gasteiger partial charge in [0.2, 0.25) is 0 Å². The van der Waals surface area contributed by atoms with Crippen LogP contribution in [0, 0.1) is 0 Å². The number of nitrogens with zero attached hydrogens (tertiary/aromatic N) is 3. The highest BCUT2D eigenvalue weighted by Gasteiger charge is 2.22. The maximum absolute atomic E-state index is 4.95. The van der Waals surface area contributed by atoms with Crippen LogP contribution in [-0.4, -0.2) is 14.5 Å². The lowest BCUT2D eigenvalue weighted by Crippen LogP contribution is -2.06. The van der Waals surface area contributed by atoms with E-state index in [-0.39, 0.29) is 6.04 Å². The Bertz CT molecular complexity index is 3520. The molecule has 1 unspecified atom stereocenters. The molecule has 0 aliphatic heterocycles. The van der Waals surface area contributed by atoms with Gasteiger partial charge in [0, 0.05) is 22.5 Å². The van der Waals surface area contributed by atoms with Crippen LogP contribution in [0.15, 0.2) is 207 Å². The Morgan fingerprint density at radius 3 is 1.69 bits per heavy atom. The monoisotopic (exact) mass is 751 g/mol. The number of pyridine rings is 2. The summed E-state index contributed by atoms with van der Waals surface area (Å²) in [6.07, 6.45) is 13.7. The Kier molecular flexibility index (Phi) is 7.67. The second kappa shape index (κ2) is 13.5. The van der Waals surface area contributed by atoms with Gasteiger partial charge in [0.15, 0.2) is 0 Å². The Morgan fingerprint density at radius 2 is 1.02 bits per heavy atom. The minimum absolute atomic E-state index is 0.207. The lowest BCUT2D eigenvalue weighted by atomic mass is 9.83. The first-order valence-corrected chi connectivity index (χ1v) is 20.4. The third-order valence-corrected chi connectivity index (χ3v) is 12.4. The number of fused-ring (bicyclic) bond motifs is 7. The fourth-order valence-electron chi connectivity index (χ4n) is 9.72. The highest BCUT2D eigenvalue weighted by molar-refractivity contribution is 6.25. The average molecular weight is 752 g/mol. The van der Waals surface area contributed by atoms with Gasteiger partial charge in [-0.25, -0.2) is 0 Å². The zero-order valence-corrected chi connectivity index (χ0v) is 32.3. The SMILES string of the molecule is C1=CCC(n2c3ccc(-c4ccc5c(-c6cccc7ccccc67)c6ccccc6c(-c6cccc7ccccc67)c5c4)cc3c3cc(-c4ccccn4)ncc32)C=C1. The van der Waals surface area contributed by atoms with E-state index in [1.54, 1.807) is 0 Å². The average Bonchev–Trinajstić information content (AvgIpc) is 3.64. The van der Waals surface area contributed by atoms with Crippen LogP contribution >= 0.6 is 0 Å². The molecule has 0 radical (unpaired) electrons. The third-order valence-electron chi connectivity index (χ3n) is 12.4. The summed E-state index contributed by atoms with van der Waals surface area (Å²) < 4.78 is 2.46. The number of hydrogen-bond donors (Lipinski definition) is 0. The molecule has 0 fully saturated rings. The Morgan fingerprint density at radius 1 is 0.424 bits per heavy atom. The largest absolute Gasteiger partial charge is 0.332 e. The zero-order chi connectivity index (χ0) is 38.9. The highest BCUT2D eigenvalue weighted by atomic mass is 15.0. The molecule has 0 saturated carbocycles. The summed E-state index contributed by atoms with van der Waals surface area (Å²) in [4.78, 5) is 9.61. The molecule has 1 aliphatic carbocycles. The van der Waals surface area contributed by atoms with Crippen molar-refractivity contribution in [3.63, 3.8) is 0 Å². The molecule has 0 amide bonds. The first-order chi connectivity index (χ1) is 29.3. The summed E-state index contributed by atoms with van der Waals surface area (Å²) in [5.74, 6) is 0. The minimum Gasteiger partial charge on any atom is -0.332 e. The van der Waals surface area contributed by atoms with Gasteiger partial charge in [-0.3, -0.25) is 9.97 Å². The molecule has 11 aromatic rings. The van der Waals surface area contributed by atoms with Crippen molar-refractivity contribution in [2.45, 2.75) is 12.5 Å². The van der Waals surface area contributed by atoms with Gasteiger partial charge in [0.1, 0.15) is 0 Å². The molecule has 1 aliphatic rings. The molecule has 0 saturated heterocycles. The molecule has 0 N–H and O–H groups in total. The Labute approximate surface area is 341 Å². The zero-order valence-electron chi connectivity index (χ0n) is 32.3. The fourth-order valence-corrected chi connectivity index (χ4v) is 9.72. The van der Waals surface area contributed by atoms with Gasteiger partial charge in [0.05, 0.1) is 29.1 Å². The van der Waals surface area contributed by atoms with Crippen molar-refractivity contribution in [3.05, 3.63) is 207 Å². The van der Waals surface area contributed by atoms with Crippen molar-refractivity contribution in [2.24, 2.45) is 0 Å². The van der Waals surface area contributed by atoms with Gasteiger partial charge in [0.25, 0.3) is 0 Å². The quantitative estimate of drug-likeness (QED) is 0.164. The summed E-state index contributed by atoms with van der Waals surface area (Å²) in [6.45, 7) is 0. The first kappa shape index (κ1) is 33.5. The molecule has 3 aromatic heterocycles. The van der Waals surface area contributed by atoms with E-state index in [0.717, 1.165) is 23.3 Å². The molecule has 1 atom stereocenters. The molecule has 59 heavy (non-hydrogen) atoms. The Hall–Kier alpha value is -7.62. The second-order valence-corrected chi connectivity index (χ2v) is 15.6. The van der Waals surface area contributed by atoms with Gasteiger partial charge in [-0.05, 0) is 119 Å². The van der Waals surface area contributed by atoms with Crippen molar-refractivity contribution in [3.8, 4) is 44.8 Å². The van der Waals surface area contributed by atoms with Crippen LogP contribution in [0.3, 0.4) is 0 Å². The van der Waals surface area contributed by atoms with E-state index in [1.807, 2.05) is 30.6 Å². The van der Waals surface area contributed by atoms with Gasteiger partial charge in [-0.15, -0.1) is 0 Å². The van der Waals surface area contributed by atoms with Crippen LogP contribution < -0.4 is 0 Å². The molecule has 8 aromatic carbocycles. The van der Waals surface area contributed by atoms with E-state index < -0.39 is 0 Å². The molecule has 12 rings (SSSR count). The number of allylic oxidation sites excluding steroid dienone is 4. The number of aromatic nitrogens is 3. The van der Waals surface area contributed by atoms with E-state index in [9.17, 15) is 0 Å². The normalized spacial score (nSPS) is 14.1. The molecular formula is C56H37N3. The van der Waals surface area contributed by atoms with Crippen molar-refractivity contribution in [2.75, 3.05) is 0 Å². The number of rotatable bonds is 5. The maximum Gasteiger partial charge on any atom is 0.0893 e. The summed E-state index contributed by atoms with van der Waals surface area (Å²) in [7, 11) is 0. The molecule has 3 nitrogen and oxygen atoms in total. The first-order valence-electron chi connectivity index (χ1n) is 20.4. The second-order valence-electron chi connectivity index (χ2n) is 15.6. The van der Waals surface area contributed by atoms with Crippen molar-refractivity contribution >= 4 is 64.9 Å². The number of hydrogen-bond acceptors (Lipinski definition) is 2. The molecule has 3 heteroatoms. The van der Waals surface area contributed by atoms with Crippen LogP contribution in [0.2, 0.25) is 0 Å². The van der Waals surface area contributed by atoms with Gasteiger partial charge < -0.3 is 4.57 Å². The third kappa shape index (κ3) is 5.36. The van der Waals surface area contributed by atoms with Gasteiger partial charge in [-0.2, -0.15) is 0 Å². The predicted molar refractivity (Wildman–Crippen MR) is 249 cm³/mol. The number of benzene rings is 8. The fraction of sp³-hybridized carbons (Fsp3) is 0.0357. The lowest BCUT2D eigenvalue weighted by Gasteiger charge is -2.20. The van der Waals surface area contributed by atoms with Crippen LogP contribution in [0.25, 0.3) is 110 Å². The summed E-state index contributed by atoms with van der Waals surface area (Å²) in [6, 6.07) is 62.6. The van der Waals surface area contributed by atoms with E-state index in [1.165, 1.54) is 92.8 Å². The van der Waals surface area contributed by atoms with E-state index in [2.05, 4.69) is 186 Å². The highest BCUT2D eigenvalue weighted by Crippen LogP contribution is 2.48. The summed E-state index contributed by atoms with van der Waals surface area (Å²) >= 11 is 0. The minimum atomic E-state index is 0.207. The smallest absolute Gasteiger partial charge is 0.0893 e. The van der Waals surface area contributed by atoms with Gasteiger partial charge >= 0.3 is 0 Å². The van der Waals surface area contributed by atoms with E-state index >= 15 is 0 Å². The summed E-state index contributed by atoms with van der Waals surface area (Å²) in [5.41, 5.74) is 11.5. The van der Waals surface area contributed by atoms with Gasteiger partial charge in [-0.1, -0.05) is 158 Å². The van der Waals surface area contributed by atoms with Crippen molar-refractivity contribution in [1.29, 1.82) is 0 Å². The Balaban J connectivity index is 1.15. The maximum atomic E-state index is 4.95. The van der Waals surface area contributed by atoms with E-state index in [4.69, 9.17) is 4.98 Å². The van der Waals surface area contributed by atoms with Crippen LogP contribution in [0.1, 0.15) is 12.5 Å². The van der Waals surface area contributed by atoms with Crippen LogP contribution in [-0.2, 0) is 0 Å². The predicted octanol–water partition coefficient (Wildman–Crippen LogP) is 14.9. The van der Waals surface area contributed by atoms with E-state index in [0.29, 0.717) is 0 Å². The molecule has 0 spiro atoms. The topological polar surface area (TPSA) is 30.7 Å². The standard InChI is InChI=1S/C56H37N3/c1-2-18-40(19-3-1)59-53-30-28-39(32-48(53)49-34-52(58-35-54(49)59)51-26-10-11-31-57-51)38-27-29-47-50(33-38)56(44-25-13-17-37-15-5-7-21-42(37)44)46-23-9-8-22-45(46)55(47)43-24-12-16-36-14-4-6-20-41(36)43/h1-18,20-35,40H,19H2. The van der Waals surface area contributed by atoms with Crippen LogP contribution in [0.5, 0.6) is 0 Å². The van der Waals surface area contributed by atoms with Crippen molar-refractivity contribution in [1.82, 2.24) is 14.5 Å². The lowest BCUT2D eigenvalue weighted by molar-refractivity contribution is 0.647. The molecule has 276 valence electrons.